The van der Waals surface area contributed by atoms with Crippen molar-refractivity contribution in [3.05, 3.63) is 107 Å². The van der Waals surface area contributed by atoms with Crippen LogP contribution < -0.4 is 5.32 Å². The van der Waals surface area contributed by atoms with E-state index in [0.717, 1.165) is 22.0 Å². The molecule has 0 saturated heterocycles. The van der Waals surface area contributed by atoms with Gasteiger partial charge in [0.2, 0.25) is 0 Å². The molecule has 33 heavy (non-hydrogen) atoms. The molecule has 1 aliphatic rings. The number of aromatic nitrogens is 1. The van der Waals surface area contributed by atoms with Gasteiger partial charge in [-0.3, -0.25) is 4.98 Å². The Morgan fingerprint density at radius 3 is 2.45 bits per heavy atom. The lowest BCUT2D eigenvalue weighted by atomic mass is 9.98. The third-order valence-electron chi connectivity index (χ3n) is 6.09. The minimum Gasteiger partial charge on any atom is -0.449 e. The highest BCUT2D eigenvalue weighted by Crippen LogP contribution is 2.44. The Bertz CT molecular complexity index is 1300. The summed E-state index contributed by atoms with van der Waals surface area (Å²) < 4.78 is 5.60. The van der Waals surface area contributed by atoms with Gasteiger partial charge in [0.25, 0.3) is 0 Å². The average molecular weight is 455 g/mol. The minimum atomic E-state index is -0.410. The minimum absolute atomic E-state index is 0.0570. The lowest BCUT2D eigenvalue weighted by molar-refractivity contribution is 0.143. The molecule has 5 heteroatoms. The van der Waals surface area contributed by atoms with Crippen LogP contribution in [0.4, 0.5) is 4.79 Å². The first-order valence-electron chi connectivity index (χ1n) is 11.0. The topological polar surface area (TPSA) is 51.2 Å². The Kier molecular flexibility index (Phi) is 6.09. The highest BCUT2D eigenvalue weighted by atomic mass is 35.5. The normalized spacial score (nSPS) is 12.6. The largest absolute Gasteiger partial charge is 0.449 e. The van der Waals surface area contributed by atoms with Gasteiger partial charge < -0.3 is 10.1 Å². The number of hydrogen-bond acceptors (Lipinski definition) is 3. The number of pyridine rings is 1. The predicted octanol–water partition coefficient (Wildman–Crippen LogP) is 6.53. The van der Waals surface area contributed by atoms with E-state index < -0.39 is 6.09 Å². The molecule has 0 spiro atoms. The highest BCUT2D eigenvalue weighted by Gasteiger charge is 2.28. The van der Waals surface area contributed by atoms with Crippen LogP contribution in [0.25, 0.3) is 28.0 Å². The zero-order valence-corrected chi connectivity index (χ0v) is 18.8. The summed E-state index contributed by atoms with van der Waals surface area (Å²) in [5.41, 5.74) is 8.28. The van der Waals surface area contributed by atoms with Crippen molar-refractivity contribution in [1.29, 1.82) is 0 Å². The van der Waals surface area contributed by atoms with Crippen LogP contribution in [0.15, 0.2) is 84.5 Å². The number of hydrogen-bond donors (Lipinski definition) is 1. The van der Waals surface area contributed by atoms with Crippen molar-refractivity contribution in [3.8, 4) is 11.1 Å². The zero-order chi connectivity index (χ0) is 22.6. The van der Waals surface area contributed by atoms with E-state index in [-0.39, 0.29) is 5.92 Å². The number of fused-ring (bicyclic) bond motifs is 4. The number of nitrogens with zero attached hydrogens (tertiary/aromatic N) is 1. The fraction of sp³-hybridized carbons (Fsp3) is 0.143. The van der Waals surface area contributed by atoms with Crippen LogP contribution in [0.1, 0.15) is 28.3 Å². The molecule has 0 aliphatic heterocycles. The molecular formula is C28H23ClN2O2. The van der Waals surface area contributed by atoms with Crippen molar-refractivity contribution >= 4 is 34.5 Å². The van der Waals surface area contributed by atoms with Crippen molar-refractivity contribution in [2.45, 2.75) is 12.3 Å². The van der Waals surface area contributed by atoms with Crippen LogP contribution in [0.3, 0.4) is 0 Å². The standard InChI is InChI=1S/C28H23ClN2O2/c29-14-12-19-6-5-7-20-16-21(31-17-26(19)20)13-15-30-28(32)33-18-27-24-10-3-1-8-22(24)23-9-2-4-11-25(23)27/h1-12,14,16-17,27H,13,15,18H2,(H,30,32). The number of ether oxygens (including phenoxy) is 1. The third-order valence-corrected chi connectivity index (χ3v) is 6.22. The first kappa shape index (κ1) is 21.2. The van der Waals surface area contributed by atoms with Crippen LogP contribution in [-0.2, 0) is 11.2 Å². The van der Waals surface area contributed by atoms with Gasteiger partial charge in [-0.15, -0.1) is 0 Å². The number of alkyl carbamates (subject to hydrolysis) is 1. The Morgan fingerprint density at radius 2 is 1.73 bits per heavy atom. The van der Waals surface area contributed by atoms with Gasteiger partial charge in [-0.2, -0.15) is 0 Å². The quantitative estimate of drug-likeness (QED) is 0.360. The molecule has 0 fully saturated rings. The summed E-state index contributed by atoms with van der Waals surface area (Å²) in [5, 5.41) is 4.99. The maximum absolute atomic E-state index is 12.4. The molecule has 0 atom stereocenters. The molecule has 1 heterocycles. The lowest BCUT2D eigenvalue weighted by Crippen LogP contribution is -2.28. The molecular weight excluding hydrogens is 432 g/mol. The van der Waals surface area contributed by atoms with E-state index in [2.05, 4.69) is 34.6 Å². The summed E-state index contributed by atoms with van der Waals surface area (Å²) in [6.45, 7) is 0.765. The SMILES string of the molecule is O=C(NCCc1cc2cccc(C=CCl)c2cn1)OCC1c2ccccc2-c2ccccc21. The number of carbonyl (C=O) groups is 1. The molecule has 1 aliphatic carbocycles. The Balaban J connectivity index is 1.18. The molecule has 164 valence electrons. The summed E-state index contributed by atoms with van der Waals surface area (Å²) in [7, 11) is 0. The van der Waals surface area contributed by atoms with Gasteiger partial charge >= 0.3 is 6.09 Å². The molecule has 0 saturated carbocycles. The smallest absolute Gasteiger partial charge is 0.407 e. The number of benzene rings is 3. The summed E-state index contributed by atoms with van der Waals surface area (Å²) >= 11 is 5.73. The number of rotatable bonds is 6. The van der Waals surface area contributed by atoms with Gasteiger partial charge in [0, 0.05) is 41.7 Å². The van der Waals surface area contributed by atoms with Crippen molar-refractivity contribution in [2.24, 2.45) is 0 Å². The molecule has 3 aromatic carbocycles. The van der Waals surface area contributed by atoms with Gasteiger partial charge in [-0.25, -0.2) is 4.79 Å². The van der Waals surface area contributed by atoms with Crippen molar-refractivity contribution in [3.63, 3.8) is 0 Å². The van der Waals surface area contributed by atoms with Gasteiger partial charge in [0.05, 0.1) is 0 Å². The molecule has 0 bridgehead atoms. The lowest BCUT2D eigenvalue weighted by Gasteiger charge is -2.14. The van der Waals surface area contributed by atoms with Crippen LogP contribution >= 0.6 is 11.6 Å². The number of halogens is 1. The molecule has 0 unspecified atom stereocenters. The Labute approximate surface area is 197 Å². The van der Waals surface area contributed by atoms with E-state index >= 15 is 0 Å². The second-order valence-corrected chi connectivity index (χ2v) is 8.29. The van der Waals surface area contributed by atoms with Gasteiger partial charge in [-0.1, -0.05) is 78.3 Å². The van der Waals surface area contributed by atoms with Gasteiger partial charge in [0.15, 0.2) is 0 Å². The number of nitrogens with one attached hydrogen (secondary N) is 1. The van der Waals surface area contributed by atoms with Crippen molar-refractivity contribution in [2.75, 3.05) is 13.2 Å². The first-order chi connectivity index (χ1) is 16.2. The molecule has 1 amide bonds. The summed E-state index contributed by atoms with van der Waals surface area (Å²) in [6.07, 6.45) is 3.91. The third kappa shape index (κ3) is 4.35. The van der Waals surface area contributed by atoms with E-state index in [4.69, 9.17) is 16.3 Å². The predicted molar refractivity (Wildman–Crippen MR) is 133 cm³/mol. The van der Waals surface area contributed by atoms with E-state index in [1.165, 1.54) is 27.8 Å². The fourth-order valence-corrected chi connectivity index (χ4v) is 4.67. The fourth-order valence-electron chi connectivity index (χ4n) is 4.53. The van der Waals surface area contributed by atoms with Crippen molar-refractivity contribution < 1.29 is 9.53 Å². The molecule has 5 rings (SSSR count). The molecule has 1 N–H and O–H groups in total. The Hall–Kier alpha value is -3.63. The number of amides is 1. The van der Waals surface area contributed by atoms with Crippen LogP contribution in [0, 0.1) is 0 Å². The monoisotopic (exact) mass is 454 g/mol. The van der Waals surface area contributed by atoms with Gasteiger partial charge in [0.1, 0.15) is 6.61 Å². The summed E-state index contributed by atoms with van der Waals surface area (Å²) in [4.78, 5) is 16.9. The maximum atomic E-state index is 12.4. The highest BCUT2D eigenvalue weighted by molar-refractivity contribution is 6.27. The van der Waals surface area contributed by atoms with E-state index in [1.807, 2.05) is 60.8 Å². The Morgan fingerprint density at radius 1 is 1.00 bits per heavy atom. The van der Waals surface area contributed by atoms with Gasteiger partial charge in [-0.05, 0) is 45.3 Å². The summed E-state index contributed by atoms with van der Waals surface area (Å²) in [5.74, 6) is 0.0570. The van der Waals surface area contributed by atoms with Crippen LogP contribution in [0.5, 0.6) is 0 Å². The van der Waals surface area contributed by atoms with E-state index in [0.29, 0.717) is 19.6 Å². The first-order valence-corrected chi connectivity index (χ1v) is 11.4. The second kappa shape index (κ2) is 9.47. The zero-order valence-electron chi connectivity index (χ0n) is 18.0. The number of carbonyl (C=O) groups excluding carboxylic acids is 1. The van der Waals surface area contributed by atoms with E-state index in [9.17, 15) is 4.79 Å². The molecule has 1 aromatic heterocycles. The molecule has 0 radical (unpaired) electrons. The average Bonchev–Trinajstić information content (AvgIpc) is 3.17. The van der Waals surface area contributed by atoms with Crippen LogP contribution in [-0.4, -0.2) is 24.2 Å². The maximum Gasteiger partial charge on any atom is 0.407 e. The molecule has 4 nitrogen and oxygen atoms in total. The summed E-state index contributed by atoms with van der Waals surface area (Å²) in [6, 6.07) is 24.7. The van der Waals surface area contributed by atoms with Crippen LogP contribution in [0.2, 0.25) is 0 Å². The molecule has 4 aromatic rings. The van der Waals surface area contributed by atoms with Crippen molar-refractivity contribution in [1.82, 2.24) is 10.3 Å². The van der Waals surface area contributed by atoms with E-state index in [1.54, 1.807) is 0 Å². The second-order valence-electron chi connectivity index (χ2n) is 8.04.